The smallest absolute Gasteiger partial charge is 0.155 e. The zero-order chi connectivity index (χ0) is 20.0. The zero-order valence-electron chi connectivity index (χ0n) is 16.5. The molecule has 0 aliphatic heterocycles. The third kappa shape index (κ3) is 83.0. The zero-order valence-corrected chi connectivity index (χ0v) is 19.0. The molecule has 7 heteroatoms. The minimum Gasteiger partial charge on any atom is -0.512 e. The molecule has 0 amide bonds. The summed E-state index contributed by atoms with van der Waals surface area (Å²) in [5.74, 6) is -0.125. The van der Waals surface area contributed by atoms with Gasteiger partial charge in [0.05, 0.1) is 11.5 Å². The van der Waals surface area contributed by atoms with Crippen LogP contribution in [0.4, 0.5) is 0 Å². The largest absolute Gasteiger partial charge is 0.512 e. The van der Waals surface area contributed by atoms with E-state index in [1.807, 2.05) is 0 Å². The standard InChI is InChI=1S/2C5H8O2.2C4H10O.Zr/c2*1-4(6)3-5(2)7;2*1-2-3-4-5;/h2*3,6H,1-2H3;2*5H,2-4H2,1H3;. The second-order valence-electron chi connectivity index (χ2n) is 4.95. The first-order valence-electron chi connectivity index (χ1n) is 8.06. The number of aliphatic hydroxyl groups is 4. The molecule has 0 radical (unpaired) electrons. The Morgan fingerprint density at radius 3 is 0.960 bits per heavy atom. The van der Waals surface area contributed by atoms with Gasteiger partial charge in [-0.3, -0.25) is 9.59 Å². The minimum absolute atomic E-state index is 0. The van der Waals surface area contributed by atoms with Crippen LogP contribution in [0.15, 0.2) is 23.7 Å². The molecule has 0 heterocycles. The van der Waals surface area contributed by atoms with Crippen molar-refractivity contribution in [1.82, 2.24) is 0 Å². The third-order valence-electron chi connectivity index (χ3n) is 1.85. The monoisotopic (exact) mass is 438 g/mol. The first-order chi connectivity index (χ1) is 11.1. The van der Waals surface area contributed by atoms with Crippen molar-refractivity contribution < 1.29 is 56.2 Å². The molecule has 0 aliphatic rings. The molecule has 0 fully saturated rings. The van der Waals surface area contributed by atoms with Gasteiger partial charge in [0.1, 0.15) is 0 Å². The molecule has 0 aromatic carbocycles. The van der Waals surface area contributed by atoms with Crippen molar-refractivity contribution in [2.24, 2.45) is 0 Å². The van der Waals surface area contributed by atoms with Crippen molar-refractivity contribution in [3.05, 3.63) is 23.7 Å². The van der Waals surface area contributed by atoms with Gasteiger partial charge >= 0.3 is 0 Å². The summed E-state index contributed by atoms with van der Waals surface area (Å²) in [6, 6.07) is 0. The van der Waals surface area contributed by atoms with Crippen LogP contribution in [0.2, 0.25) is 0 Å². The van der Waals surface area contributed by atoms with E-state index in [2.05, 4.69) is 13.8 Å². The van der Waals surface area contributed by atoms with Crippen LogP contribution in [0, 0.1) is 0 Å². The summed E-state index contributed by atoms with van der Waals surface area (Å²) < 4.78 is 0. The van der Waals surface area contributed by atoms with Crippen LogP contribution < -0.4 is 0 Å². The number of allylic oxidation sites excluding steroid dienone is 4. The third-order valence-corrected chi connectivity index (χ3v) is 1.85. The number of unbranched alkanes of at least 4 members (excludes halogenated alkanes) is 2. The van der Waals surface area contributed by atoms with E-state index in [9.17, 15) is 9.59 Å². The van der Waals surface area contributed by atoms with E-state index in [0.717, 1.165) is 25.7 Å². The molecule has 0 unspecified atom stereocenters. The van der Waals surface area contributed by atoms with E-state index in [-0.39, 0.29) is 49.3 Å². The van der Waals surface area contributed by atoms with E-state index in [0.29, 0.717) is 13.2 Å². The number of carbonyl (C=O) groups excluding carboxylic acids is 2. The number of aliphatic hydroxyl groups excluding tert-OH is 4. The van der Waals surface area contributed by atoms with Gasteiger partial charge in [0.2, 0.25) is 0 Å². The first-order valence-corrected chi connectivity index (χ1v) is 8.06. The molecule has 0 saturated heterocycles. The van der Waals surface area contributed by atoms with Crippen LogP contribution in [-0.4, -0.2) is 45.2 Å². The molecule has 25 heavy (non-hydrogen) atoms. The van der Waals surface area contributed by atoms with Gasteiger partial charge in [-0.25, -0.2) is 0 Å². The Balaban J connectivity index is -0.0000000711. The van der Waals surface area contributed by atoms with E-state index in [1.54, 1.807) is 0 Å². The summed E-state index contributed by atoms with van der Waals surface area (Å²) in [5.41, 5.74) is 0. The van der Waals surface area contributed by atoms with E-state index < -0.39 is 0 Å². The predicted octanol–water partition coefficient (Wildman–Crippen LogP) is 3.63. The van der Waals surface area contributed by atoms with E-state index in [4.69, 9.17) is 20.4 Å². The second kappa shape index (κ2) is 31.0. The van der Waals surface area contributed by atoms with Gasteiger partial charge in [-0.15, -0.1) is 0 Å². The SMILES string of the molecule is CC(=O)C=C(C)O.CC(=O)C=C(C)O.CCCCO.CCCCO.[Zr]. The van der Waals surface area contributed by atoms with Crippen LogP contribution >= 0.6 is 0 Å². The van der Waals surface area contributed by atoms with Crippen molar-refractivity contribution >= 4 is 11.6 Å². The second-order valence-corrected chi connectivity index (χ2v) is 4.95. The van der Waals surface area contributed by atoms with E-state index >= 15 is 0 Å². The van der Waals surface area contributed by atoms with Crippen LogP contribution in [0.25, 0.3) is 0 Å². The molecule has 0 rings (SSSR count). The number of hydrogen-bond donors (Lipinski definition) is 4. The van der Waals surface area contributed by atoms with Crippen LogP contribution in [0.3, 0.4) is 0 Å². The molecule has 0 spiro atoms. The molecule has 0 aliphatic carbocycles. The van der Waals surface area contributed by atoms with Gasteiger partial charge in [0.15, 0.2) is 11.6 Å². The normalized spacial score (nSPS) is 9.76. The Bertz CT molecular complexity index is 305. The number of ketones is 2. The summed E-state index contributed by atoms with van der Waals surface area (Å²) in [7, 11) is 0. The molecule has 0 bridgehead atoms. The average molecular weight is 440 g/mol. The molecule has 0 saturated carbocycles. The number of hydrogen-bond acceptors (Lipinski definition) is 6. The molecule has 0 aromatic heterocycles. The van der Waals surface area contributed by atoms with Gasteiger partial charge in [-0.1, -0.05) is 26.7 Å². The maximum atomic E-state index is 10.0. The molecule has 6 nitrogen and oxygen atoms in total. The van der Waals surface area contributed by atoms with Crippen molar-refractivity contribution in [1.29, 1.82) is 0 Å². The van der Waals surface area contributed by atoms with Crippen molar-refractivity contribution in [3.63, 3.8) is 0 Å². The Labute approximate surface area is 171 Å². The molecular formula is C18H36O6Zr. The molecule has 4 N–H and O–H groups in total. The fourth-order valence-electron chi connectivity index (χ4n) is 0.905. The van der Waals surface area contributed by atoms with Gasteiger partial charge in [-0.05, 0) is 40.5 Å². The van der Waals surface area contributed by atoms with Crippen molar-refractivity contribution in [2.75, 3.05) is 13.2 Å². The van der Waals surface area contributed by atoms with Gasteiger partial charge in [0, 0.05) is 51.6 Å². The summed E-state index contributed by atoms with van der Waals surface area (Å²) >= 11 is 0. The Kier molecular flexibility index (Phi) is 43.9. The quantitative estimate of drug-likeness (QED) is 0.371. The maximum Gasteiger partial charge on any atom is 0.155 e. The molecular weight excluding hydrogens is 403 g/mol. The fourth-order valence-corrected chi connectivity index (χ4v) is 0.905. The summed E-state index contributed by atoms with van der Waals surface area (Å²) in [6.07, 6.45) is 6.41. The average Bonchev–Trinajstić information content (AvgIpc) is 2.39. The fraction of sp³-hybridized carbons (Fsp3) is 0.667. The van der Waals surface area contributed by atoms with Crippen molar-refractivity contribution in [2.45, 2.75) is 67.2 Å². The summed E-state index contributed by atoms with van der Waals surface area (Å²) in [4.78, 5) is 20.0. The number of rotatable bonds is 6. The van der Waals surface area contributed by atoms with E-state index in [1.165, 1.54) is 39.8 Å². The van der Waals surface area contributed by atoms with Crippen LogP contribution in [-0.2, 0) is 35.8 Å². The van der Waals surface area contributed by atoms with Gasteiger partial charge in [0.25, 0.3) is 0 Å². The van der Waals surface area contributed by atoms with Crippen LogP contribution in [0.1, 0.15) is 67.2 Å². The maximum absolute atomic E-state index is 10.0. The van der Waals surface area contributed by atoms with Crippen LogP contribution in [0.5, 0.6) is 0 Å². The van der Waals surface area contributed by atoms with Gasteiger partial charge < -0.3 is 20.4 Å². The molecule has 0 atom stereocenters. The van der Waals surface area contributed by atoms with Gasteiger partial charge in [-0.2, -0.15) is 0 Å². The Hall–Kier alpha value is -0.777. The topological polar surface area (TPSA) is 115 Å². The minimum atomic E-state index is -0.125. The predicted molar refractivity (Wildman–Crippen MR) is 98.1 cm³/mol. The summed E-state index contributed by atoms with van der Waals surface area (Å²) in [6.45, 7) is 10.5. The Morgan fingerprint density at radius 1 is 0.720 bits per heavy atom. The van der Waals surface area contributed by atoms with Crippen molar-refractivity contribution in [3.8, 4) is 0 Å². The Morgan fingerprint density at radius 2 is 0.960 bits per heavy atom. The summed E-state index contributed by atoms with van der Waals surface area (Å²) in [5, 5.41) is 32.9. The molecule has 148 valence electrons. The molecule has 0 aromatic rings. The first kappa shape index (κ1) is 35.4. The number of carbonyl (C=O) groups is 2.